The van der Waals surface area contributed by atoms with Gasteiger partial charge in [0.25, 0.3) is 0 Å². The van der Waals surface area contributed by atoms with Crippen LogP contribution in [-0.2, 0) is 0 Å². The van der Waals surface area contributed by atoms with E-state index in [-0.39, 0.29) is 0 Å². The van der Waals surface area contributed by atoms with Crippen molar-refractivity contribution in [3.05, 3.63) is 36.0 Å². The number of para-hydroxylation sites is 1. The Morgan fingerprint density at radius 3 is 3.00 bits per heavy atom. The van der Waals surface area contributed by atoms with Crippen LogP contribution in [0.2, 0.25) is 0 Å². The smallest absolute Gasteiger partial charge is 0.0502 e. The molecule has 1 aliphatic rings. The topological polar surface area (TPSA) is 53.8 Å². The molecule has 3 nitrogen and oxygen atoms in total. The van der Waals surface area contributed by atoms with E-state index in [9.17, 15) is 0 Å². The van der Waals surface area contributed by atoms with Gasteiger partial charge in [-0.15, -0.1) is 0 Å². The molecule has 3 unspecified atom stereocenters. The maximum absolute atomic E-state index is 5.95. The quantitative estimate of drug-likeness (QED) is 0.759. The van der Waals surface area contributed by atoms with Crippen LogP contribution in [0.4, 0.5) is 0 Å². The molecular weight excluding hydrogens is 222 g/mol. The highest BCUT2D eigenvalue weighted by atomic mass is 15.0. The lowest BCUT2D eigenvalue weighted by atomic mass is 9.83. The molecule has 1 aromatic heterocycles. The van der Waals surface area contributed by atoms with Crippen molar-refractivity contribution in [1.29, 1.82) is 0 Å². The monoisotopic (exact) mass is 243 g/mol. The first-order valence-corrected chi connectivity index (χ1v) is 6.81. The molecule has 1 fully saturated rings. The van der Waals surface area contributed by atoms with Gasteiger partial charge in [0, 0.05) is 18.3 Å². The van der Waals surface area contributed by atoms with Crippen LogP contribution < -0.4 is 11.1 Å². The first-order valence-electron chi connectivity index (χ1n) is 6.81. The number of nitrogens with one attached hydrogen (secondary N) is 2. The summed E-state index contributed by atoms with van der Waals surface area (Å²) in [5.41, 5.74) is 8.56. The molecule has 0 radical (unpaired) electrons. The minimum atomic E-state index is 0.376. The van der Waals surface area contributed by atoms with Crippen LogP contribution in [-0.4, -0.2) is 17.6 Å². The largest absolute Gasteiger partial charge is 0.361 e. The van der Waals surface area contributed by atoms with Crippen molar-refractivity contribution >= 4 is 10.9 Å². The zero-order chi connectivity index (χ0) is 12.5. The lowest BCUT2D eigenvalue weighted by Crippen LogP contribution is -2.42. The summed E-state index contributed by atoms with van der Waals surface area (Å²) in [6.45, 7) is 3.01. The number of aromatic nitrogens is 1. The van der Waals surface area contributed by atoms with Crippen molar-refractivity contribution in [2.45, 2.75) is 31.8 Å². The molecule has 3 heteroatoms. The van der Waals surface area contributed by atoms with Crippen LogP contribution in [0.1, 0.15) is 31.4 Å². The molecule has 1 aromatic carbocycles. The summed E-state index contributed by atoms with van der Waals surface area (Å²) >= 11 is 0. The van der Waals surface area contributed by atoms with Gasteiger partial charge >= 0.3 is 0 Å². The second-order valence-corrected chi connectivity index (χ2v) is 5.41. The first-order chi connectivity index (χ1) is 8.79. The van der Waals surface area contributed by atoms with Crippen molar-refractivity contribution in [3.63, 3.8) is 0 Å². The lowest BCUT2D eigenvalue weighted by Gasteiger charge is -2.36. The molecule has 0 bridgehead atoms. The maximum atomic E-state index is 5.95. The van der Waals surface area contributed by atoms with E-state index in [2.05, 4.69) is 41.5 Å². The van der Waals surface area contributed by atoms with E-state index in [4.69, 9.17) is 5.73 Å². The number of hydrogen-bond acceptors (Lipinski definition) is 2. The Kier molecular flexibility index (Phi) is 3.10. The summed E-state index contributed by atoms with van der Waals surface area (Å²) in [7, 11) is 0. The molecule has 1 saturated heterocycles. The van der Waals surface area contributed by atoms with Gasteiger partial charge in [0.15, 0.2) is 0 Å². The Morgan fingerprint density at radius 1 is 1.28 bits per heavy atom. The summed E-state index contributed by atoms with van der Waals surface area (Å²) in [5, 5.41) is 5.00. The number of fused-ring (bicyclic) bond motifs is 1. The summed E-state index contributed by atoms with van der Waals surface area (Å²) < 4.78 is 0. The average molecular weight is 243 g/mol. The molecule has 2 aromatic rings. The summed E-state index contributed by atoms with van der Waals surface area (Å²) in [6, 6.07) is 9.59. The fourth-order valence-corrected chi connectivity index (χ4v) is 3.12. The highest BCUT2D eigenvalue weighted by molar-refractivity contribution is 5.83. The van der Waals surface area contributed by atoms with E-state index in [0.29, 0.717) is 18.0 Å². The van der Waals surface area contributed by atoms with Gasteiger partial charge < -0.3 is 16.0 Å². The van der Waals surface area contributed by atoms with E-state index in [1.165, 1.54) is 29.3 Å². The zero-order valence-corrected chi connectivity index (χ0v) is 10.8. The van der Waals surface area contributed by atoms with E-state index < -0.39 is 0 Å². The lowest BCUT2D eigenvalue weighted by molar-refractivity contribution is 0.248. The third kappa shape index (κ3) is 1.93. The average Bonchev–Trinajstić information content (AvgIpc) is 2.86. The molecule has 0 aliphatic carbocycles. The third-order valence-corrected chi connectivity index (χ3v) is 4.16. The van der Waals surface area contributed by atoms with Crippen molar-refractivity contribution in [2.24, 2.45) is 11.7 Å². The Bertz CT molecular complexity index is 531. The molecule has 96 valence electrons. The van der Waals surface area contributed by atoms with Crippen molar-refractivity contribution in [1.82, 2.24) is 10.3 Å². The van der Waals surface area contributed by atoms with E-state index in [1.54, 1.807) is 0 Å². The number of nitrogens with two attached hydrogens (primary N) is 1. The van der Waals surface area contributed by atoms with Crippen LogP contribution in [0.5, 0.6) is 0 Å². The number of benzene rings is 1. The van der Waals surface area contributed by atoms with Crippen LogP contribution in [0.25, 0.3) is 10.9 Å². The third-order valence-electron chi connectivity index (χ3n) is 4.16. The Morgan fingerprint density at radius 2 is 2.17 bits per heavy atom. The number of rotatable bonds is 2. The standard InChI is InChI=1S/C15H21N3/c1-10-5-6-12(9-16)15(18-10)13-4-2-3-11-7-8-17-14(11)13/h2-4,7-8,10,12,15,17-18H,5-6,9,16H2,1H3. The molecular formula is C15H21N3. The SMILES string of the molecule is CC1CCC(CN)C(c2cccc3cc[nH]c23)N1. The predicted octanol–water partition coefficient (Wildman–Crippen LogP) is 2.56. The minimum absolute atomic E-state index is 0.376. The molecule has 2 heterocycles. The van der Waals surface area contributed by atoms with Gasteiger partial charge in [-0.25, -0.2) is 0 Å². The van der Waals surface area contributed by atoms with Gasteiger partial charge in [0.2, 0.25) is 0 Å². The summed E-state index contributed by atoms with van der Waals surface area (Å²) in [4.78, 5) is 3.36. The highest BCUT2D eigenvalue weighted by Crippen LogP contribution is 2.34. The van der Waals surface area contributed by atoms with Crippen LogP contribution in [0.3, 0.4) is 0 Å². The fourth-order valence-electron chi connectivity index (χ4n) is 3.12. The molecule has 0 saturated carbocycles. The van der Waals surface area contributed by atoms with E-state index in [1.807, 2.05) is 6.20 Å². The van der Waals surface area contributed by atoms with Crippen molar-refractivity contribution in [2.75, 3.05) is 6.54 Å². The Labute approximate surface area is 108 Å². The molecule has 1 aliphatic heterocycles. The van der Waals surface area contributed by atoms with Gasteiger partial charge in [-0.05, 0) is 49.2 Å². The normalized spacial score (nSPS) is 28.7. The van der Waals surface area contributed by atoms with Crippen LogP contribution in [0.15, 0.2) is 30.5 Å². The van der Waals surface area contributed by atoms with Gasteiger partial charge in [-0.1, -0.05) is 18.2 Å². The van der Waals surface area contributed by atoms with Crippen molar-refractivity contribution < 1.29 is 0 Å². The van der Waals surface area contributed by atoms with Crippen molar-refractivity contribution in [3.8, 4) is 0 Å². The Hall–Kier alpha value is -1.32. The fraction of sp³-hybridized carbons (Fsp3) is 0.467. The number of piperidine rings is 1. The molecule has 4 N–H and O–H groups in total. The minimum Gasteiger partial charge on any atom is -0.361 e. The van der Waals surface area contributed by atoms with Gasteiger partial charge in [-0.2, -0.15) is 0 Å². The highest BCUT2D eigenvalue weighted by Gasteiger charge is 2.29. The summed E-state index contributed by atoms with van der Waals surface area (Å²) in [5.74, 6) is 0.537. The molecule has 18 heavy (non-hydrogen) atoms. The van der Waals surface area contributed by atoms with E-state index in [0.717, 1.165) is 6.54 Å². The van der Waals surface area contributed by atoms with Gasteiger partial charge in [0.1, 0.15) is 0 Å². The number of aromatic amines is 1. The van der Waals surface area contributed by atoms with Crippen LogP contribution >= 0.6 is 0 Å². The Balaban J connectivity index is 2.03. The van der Waals surface area contributed by atoms with E-state index >= 15 is 0 Å². The first kappa shape index (κ1) is 11.8. The molecule has 3 rings (SSSR count). The second kappa shape index (κ2) is 4.75. The molecule has 0 spiro atoms. The number of hydrogen-bond donors (Lipinski definition) is 3. The molecule has 3 atom stereocenters. The van der Waals surface area contributed by atoms with Crippen LogP contribution in [0, 0.1) is 5.92 Å². The zero-order valence-electron chi connectivity index (χ0n) is 10.8. The predicted molar refractivity (Wildman–Crippen MR) is 75.4 cm³/mol. The van der Waals surface area contributed by atoms with Gasteiger partial charge in [-0.3, -0.25) is 0 Å². The maximum Gasteiger partial charge on any atom is 0.0502 e. The van der Waals surface area contributed by atoms with Gasteiger partial charge in [0.05, 0.1) is 5.52 Å². The summed E-state index contributed by atoms with van der Waals surface area (Å²) in [6.07, 6.45) is 4.45. The molecule has 0 amide bonds. The second-order valence-electron chi connectivity index (χ2n) is 5.41. The number of H-pyrrole nitrogens is 1.